The zero-order chi connectivity index (χ0) is 22.2. The average molecular weight is 416 g/mol. The number of Topliss-reactive ketones (excluding diaryl/α,β-unsaturated/α-hetero) is 1. The number of nitriles is 1. The minimum atomic E-state index is -0.403. The van der Waals surface area contributed by atoms with E-state index in [9.17, 15) is 14.4 Å². The van der Waals surface area contributed by atoms with Crippen molar-refractivity contribution in [2.75, 3.05) is 0 Å². The Bertz CT molecular complexity index is 1140. The van der Waals surface area contributed by atoms with Crippen LogP contribution in [-0.2, 0) is 11.4 Å². The van der Waals surface area contributed by atoms with Gasteiger partial charge >= 0.3 is 0 Å². The zero-order valence-corrected chi connectivity index (χ0v) is 18.0. The molecule has 0 fully saturated rings. The van der Waals surface area contributed by atoms with Gasteiger partial charge in [0, 0.05) is 23.4 Å². The lowest BCUT2D eigenvalue weighted by Gasteiger charge is -2.38. The second-order valence-corrected chi connectivity index (χ2v) is 9.03. The molecule has 1 unspecified atom stereocenters. The summed E-state index contributed by atoms with van der Waals surface area (Å²) in [6.07, 6.45) is 1.23. The van der Waals surface area contributed by atoms with Crippen LogP contribution in [0.1, 0.15) is 50.7 Å². The predicted octanol–water partition coefficient (Wildman–Crippen LogP) is 5.53. The van der Waals surface area contributed by atoms with Crippen molar-refractivity contribution in [2.45, 2.75) is 46.1 Å². The van der Waals surface area contributed by atoms with E-state index in [2.05, 4.69) is 25.2 Å². The van der Waals surface area contributed by atoms with Crippen LogP contribution in [0.25, 0.3) is 0 Å². The highest BCUT2D eigenvalue weighted by Crippen LogP contribution is 2.46. The molecule has 5 heteroatoms. The molecule has 0 aromatic heterocycles. The highest BCUT2D eigenvalue weighted by molar-refractivity contribution is 6.00. The molecule has 1 heterocycles. The van der Waals surface area contributed by atoms with Crippen LogP contribution in [0.15, 0.2) is 71.1 Å². The molecule has 0 amide bonds. The van der Waals surface area contributed by atoms with Crippen molar-refractivity contribution >= 4 is 5.78 Å². The Morgan fingerprint density at radius 3 is 2.65 bits per heavy atom. The largest absolute Gasteiger partial charge is 0.489 e. The number of nitrogens with one attached hydrogen (secondary N) is 1. The van der Waals surface area contributed by atoms with Crippen molar-refractivity contribution in [2.24, 2.45) is 5.41 Å². The third-order valence-corrected chi connectivity index (χ3v) is 5.87. The molecule has 1 aliphatic heterocycles. The van der Waals surface area contributed by atoms with Crippen LogP contribution in [0.5, 0.6) is 5.75 Å². The van der Waals surface area contributed by atoms with Gasteiger partial charge in [0.15, 0.2) is 5.78 Å². The topological polar surface area (TPSA) is 62.1 Å². The maximum Gasteiger partial charge on any atom is 0.162 e. The van der Waals surface area contributed by atoms with Crippen LogP contribution in [0.2, 0.25) is 0 Å². The predicted molar refractivity (Wildman–Crippen MR) is 116 cm³/mol. The van der Waals surface area contributed by atoms with Crippen molar-refractivity contribution in [1.29, 1.82) is 5.26 Å². The Hall–Kier alpha value is -3.39. The Morgan fingerprint density at radius 1 is 1.19 bits per heavy atom. The lowest BCUT2D eigenvalue weighted by Crippen LogP contribution is -2.36. The number of rotatable bonds is 4. The number of hydrogen-bond donors (Lipinski definition) is 1. The van der Waals surface area contributed by atoms with E-state index >= 15 is 0 Å². The van der Waals surface area contributed by atoms with Gasteiger partial charge in [-0.2, -0.15) is 5.26 Å². The van der Waals surface area contributed by atoms with Gasteiger partial charge in [0.25, 0.3) is 0 Å². The Kier molecular flexibility index (Phi) is 5.41. The second kappa shape index (κ2) is 8.03. The minimum Gasteiger partial charge on any atom is -0.489 e. The van der Waals surface area contributed by atoms with Crippen molar-refractivity contribution in [3.63, 3.8) is 0 Å². The number of ether oxygens (including phenoxy) is 1. The second-order valence-electron chi connectivity index (χ2n) is 9.03. The van der Waals surface area contributed by atoms with E-state index in [4.69, 9.17) is 4.74 Å². The Morgan fingerprint density at radius 2 is 1.94 bits per heavy atom. The van der Waals surface area contributed by atoms with Crippen molar-refractivity contribution < 1.29 is 13.9 Å². The molecule has 4 nitrogen and oxygen atoms in total. The molecule has 1 aliphatic carbocycles. The van der Waals surface area contributed by atoms with Crippen LogP contribution in [-0.4, -0.2) is 5.78 Å². The summed E-state index contributed by atoms with van der Waals surface area (Å²) >= 11 is 0. The number of nitrogens with zero attached hydrogens (tertiary/aromatic N) is 1. The molecule has 0 bridgehead atoms. The van der Waals surface area contributed by atoms with Gasteiger partial charge in [-0.25, -0.2) is 4.39 Å². The van der Waals surface area contributed by atoms with Gasteiger partial charge in [-0.3, -0.25) is 4.79 Å². The van der Waals surface area contributed by atoms with Crippen LogP contribution in [0.4, 0.5) is 4.39 Å². The summed E-state index contributed by atoms with van der Waals surface area (Å²) in [5.74, 6) is 0.0362. The molecule has 0 radical (unpaired) electrons. The molecule has 31 heavy (non-hydrogen) atoms. The molecular formula is C26H25FN2O2. The van der Waals surface area contributed by atoms with Crippen LogP contribution >= 0.6 is 0 Å². The molecule has 1 N–H and O–H groups in total. The first kappa shape index (κ1) is 20.9. The van der Waals surface area contributed by atoms with Gasteiger partial charge < -0.3 is 10.1 Å². The lowest BCUT2D eigenvalue weighted by atomic mass is 9.69. The van der Waals surface area contributed by atoms with Crippen molar-refractivity contribution in [3.8, 4) is 11.8 Å². The number of carbonyl (C=O) groups excluding carboxylic acids is 1. The van der Waals surface area contributed by atoms with E-state index in [-0.39, 0.29) is 17.0 Å². The van der Waals surface area contributed by atoms with E-state index in [1.165, 1.54) is 12.1 Å². The third kappa shape index (κ3) is 4.25. The maximum atomic E-state index is 13.1. The van der Waals surface area contributed by atoms with E-state index in [1.807, 2.05) is 31.2 Å². The fourth-order valence-corrected chi connectivity index (χ4v) is 4.45. The molecule has 0 saturated carbocycles. The first-order chi connectivity index (χ1) is 14.8. The summed E-state index contributed by atoms with van der Waals surface area (Å²) in [7, 11) is 0. The molecule has 1 atom stereocenters. The van der Waals surface area contributed by atoms with E-state index in [1.54, 1.807) is 12.1 Å². The Labute approximate surface area is 182 Å². The van der Waals surface area contributed by atoms with Crippen LogP contribution in [0, 0.1) is 22.6 Å². The summed E-state index contributed by atoms with van der Waals surface area (Å²) < 4.78 is 19.0. The molecular weight excluding hydrogens is 391 g/mol. The molecule has 0 spiro atoms. The number of dihydropyridines is 1. The van der Waals surface area contributed by atoms with E-state index in [0.717, 1.165) is 28.9 Å². The highest BCUT2D eigenvalue weighted by atomic mass is 19.1. The standard InChI is InChI=1S/C26H25FN2O2/c1-16-21(14-28)24(25-22(29-16)12-26(2,3)13-23(25)30)18-5-4-6-20(11-18)31-15-17-7-9-19(27)10-8-17/h4-11,24,29H,12-13,15H2,1-3H3. The first-order valence-electron chi connectivity index (χ1n) is 10.4. The highest BCUT2D eigenvalue weighted by Gasteiger charge is 2.41. The van der Waals surface area contributed by atoms with Crippen molar-refractivity contribution in [1.82, 2.24) is 5.32 Å². The number of halogens is 1. The van der Waals surface area contributed by atoms with Crippen molar-refractivity contribution in [3.05, 3.63) is 88.0 Å². The summed E-state index contributed by atoms with van der Waals surface area (Å²) in [6, 6.07) is 16.0. The normalized spacial score (nSPS) is 20.1. The summed E-state index contributed by atoms with van der Waals surface area (Å²) in [6.45, 7) is 6.37. The number of benzene rings is 2. The lowest BCUT2D eigenvalue weighted by molar-refractivity contribution is -0.118. The third-order valence-electron chi connectivity index (χ3n) is 5.87. The summed E-state index contributed by atoms with van der Waals surface area (Å²) in [4.78, 5) is 13.1. The maximum absolute atomic E-state index is 13.1. The zero-order valence-electron chi connectivity index (χ0n) is 18.0. The van der Waals surface area contributed by atoms with Crippen LogP contribution in [0.3, 0.4) is 0 Å². The molecule has 2 aromatic carbocycles. The number of allylic oxidation sites excluding steroid dienone is 4. The molecule has 4 rings (SSSR count). The number of carbonyl (C=O) groups is 1. The first-order valence-corrected chi connectivity index (χ1v) is 10.4. The van der Waals surface area contributed by atoms with Gasteiger partial charge in [-0.05, 0) is 54.2 Å². The summed E-state index contributed by atoms with van der Waals surface area (Å²) in [5.41, 5.74) is 4.55. The van der Waals surface area contributed by atoms with Crippen LogP contribution < -0.4 is 10.1 Å². The quantitative estimate of drug-likeness (QED) is 0.712. The summed E-state index contributed by atoms with van der Waals surface area (Å²) in [5, 5.41) is 13.2. The van der Waals surface area contributed by atoms with E-state index < -0.39 is 5.92 Å². The monoisotopic (exact) mass is 416 g/mol. The SMILES string of the molecule is CC1=C(C#N)C(c2cccc(OCc3ccc(F)cc3)c2)C2=C(CC(C)(C)CC2=O)N1. The average Bonchev–Trinajstić information content (AvgIpc) is 2.71. The molecule has 2 aliphatic rings. The molecule has 158 valence electrons. The molecule has 2 aromatic rings. The minimum absolute atomic E-state index is 0.0848. The molecule has 0 saturated heterocycles. The van der Waals surface area contributed by atoms with Gasteiger partial charge in [0.05, 0.1) is 17.6 Å². The number of hydrogen-bond acceptors (Lipinski definition) is 4. The van der Waals surface area contributed by atoms with Gasteiger partial charge in [0.2, 0.25) is 0 Å². The Balaban J connectivity index is 1.67. The fraction of sp³-hybridized carbons (Fsp3) is 0.308. The van der Waals surface area contributed by atoms with Gasteiger partial charge in [0.1, 0.15) is 18.2 Å². The number of ketones is 1. The van der Waals surface area contributed by atoms with Gasteiger partial charge in [-0.1, -0.05) is 38.1 Å². The smallest absolute Gasteiger partial charge is 0.162 e. The van der Waals surface area contributed by atoms with Gasteiger partial charge in [-0.15, -0.1) is 0 Å². The van der Waals surface area contributed by atoms with E-state index in [0.29, 0.717) is 29.9 Å². The fourth-order valence-electron chi connectivity index (χ4n) is 4.45.